The van der Waals surface area contributed by atoms with Gasteiger partial charge >= 0.3 is 0 Å². The highest BCUT2D eigenvalue weighted by Gasteiger charge is 2.25. The van der Waals surface area contributed by atoms with Crippen LogP contribution in [0.5, 0.6) is 0 Å². The SMILES string of the molecule is O=c1cc(CN2CCC[C@@H]2Cn2cncn2)nc2ccc(Cl)cn12. The molecule has 3 aromatic heterocycles. The van der Waals surface area contributed by atoms with Gasteiger partial charge < -0.3 is 0 Å². The summed E-state index contributed by atoms with van der Waals surface area (Å²) >= 11 is 5.95. The van der Waals surface area contributed by atoms with Crippen LogP contribution in [-0.2, 0) is 13.1 Å². The molecule has 4 heterocycles. The molecule has 0 spiro atoms. The van der Waals surface area contributed by atoms with Crippen molar-refractivity contribution < 1.29 is 0 Å². The van der Waals surface area contributed by atoms with E-state index in [0.29, 0.717) is 23.3 Å². The van der Waals surface area contributed by atoms with E-state index in [9.17, 15) is 4.79 Å². The molecule has 0 saturated carbocycles. The van der Waals surface area contributed by atoms with E-state index < -0.39 is 0 Å². The maximum absolute atomic E-state index is 12.3. The first-order valence-electron chi connectivity index (χ1n) is 7.93. The van der Waals surface area contributed by atoms with Crippen molar-refractivity contribution in [3.63, 3.8) is 0 Å². The average Bonchev–Trinajstić information content (AvgIpc) is 3.21. The van der Waals surface area contributed by atoms with Gasteiger partial charge in [-0.3, -0.25) is 18.8 Å². The third-order valence-corrected chi connectivity index (χ3v) is 4.63. The predicted octanol–water partition coefficient (Wildman–Crippen LogP) is 1.60. The van der Waals surface area contributed by atoms with Crippen LogP contribution in [0.2, 0.25) is 5.02 Å². The molecule has 1 aliphatic rings. The van der Waals surface area contributed by atoms with Crippen LogP contribution in [0.15, 0.2) is 41.8 Å². The van der Waals surface area contributed by atoms with Gasteiger partial charge in [-0.05, 0) is 31.5 Å². The molecule has 24 heavy (non-hydrogen) atoms. The zero-order valence-corrected chi connectivity index (χ0v) is 13.8. The summed E-state index contributed by atoms with van der Waals surface area (Å²) in [6, 6.07) is 5.49. The molecule has 4 rings (SSSR count). The molecule has 0 aromatic carbocycles. The number of nitrogens with zero attached hydrogens (tertiary/aromatic N) is 6. The van der Waals surface area contributed by atoms with Crippen molar-refractivity contribution in [2.75, 3.05) is 6.54 Å². The fourth-order valence-electron chi connectivity index (χ4n) is 3.27. The van der Waals surface area contributed by atoms with Crippen molar-refractivity contribution in [3.05, 3.63) is 58.1 Å². The first kappa shape index (κ1) is 15.3. The van der Waals surface area contributed by atoms with E-state index >= 15 is 0 Å². The van der Waals surface area contributed by atoms with Gasteiger partial charge in [0.05, 0.1) is 17.3 Å². The number of hydrogen-bond donors (Lipinski definition) is 0. The van der Waals surface area contributed by atoms with Gasteiger partial charge in [0, 0.05) is 24.8 Å². The normalized spacial score (nSPS) is 18.5. The highest BCUT2D eigenvalue weighted by molar-refractivity contribution is 6.30. The Morgan fingerprint density at radius 2 is 2.25 bits per heavy atom. The minimum atomic E-state index is -0.107. The number of hydrogen-bond acceptors (Lipinski definition) is 5. The molecule has 1 aliphatic heterocycles. The van der Waals surface area contributed by atoms with Gasteiger partial charge in [0.1, 0.15) is 18.3 Å². The molecule has 0 unspecified atom stereocenters. The lowest BCUT2D eigenvalue weighted by Gasteiger charge is -2.23. The third kappa shape index (κ3) is 3.05. The van der Waals surface area contributed by atoms with Crippen molar-refractivity contribution in [2.24, 2.45) is 0 Å². The van der Waals surface area contributed by atoms with Crippen molar-refractivity contribution in [3.8, 4) is 0 Å². The molecule has 1 fully saturated rings. The molecule has 0 amide bonds. The molecule has 3 aromatic rings. The van der Waals surface area contributed by atoms with Gasteiger partial charge in [-0.15, -0.1) is 0 Å². The van der Waals surface area contributed by atoms with Gasteiger partial charge in [-0.1, -0.05) is 11.6 Å². The minimum absolute atomic E-state index is 0.107. The fraction of sp³-hybridized carbons (Fsp3) is 0.375. The first-order valence-corrected chi connectivity index (χ1v) is 8.31. The van der Waals surface area contributed by atoms with Crippen LogP contribution in [0.3, 0.4) is 0 Å². The number of likely N-dealkylation sites (tertiary alicyclic amines) is 1. The quantitative estimate of drug-likeness (QED) is 0.719. The summed E-state index contributed by atoms with van der Waals surface area (Å²) in [7, 11) is 0. The number of fused-ring (bicyclic) bond motifs is 1. The summed E-state index contributed by atoms with van der Waals surface area (Å²) < 4.78 is 3.33. The number of aromatic nitrogens is 5. The number of rotatable bonds is 4. The van der Waals surface area contributed by atoms with Crippen LogP contribution >= 0.6 is 11.6 Å². The van der Waals surface area contributed by atoms with Crippen LogP contribution in [0.25, 0.3) is 5.65 Å². The van der Waals surface area contributed by atoms with Crippen LogP contribution in [0.1, 0.15) is 18.5 Å². The summed E-state index contributed by atoms with van der Waals surface area (Å²) in [5.41, 5.74) is 1.30. The Balaban J connectivity index is 1.57. The molecule has 0 N–H and O–H groups in total. The molecule has 1 saturated heterocycles. The third-order valence-electron chi connectivity index (χ3n) is 4.41. The Morgan fingerprint density at radius 3 is 3.08 bits per heavy atom. The number of halogens is 1. The van der Waals surface area contributed by atoms with E-state index in [-0.39, 0.29) is 5.56 Å². The zero-order chi connectivity index (χ0) is 16.5. The fourth-order valence-corrected chi connectivity index (χ4v) is 3.43. The summed E-state index contributed by atoms with van der Waals surface area (Å²) in [6.45, 7) is 2.47. The van der Waals surface area contributed by atoms with Crippen molar-refractivity contribution in [2.45, 2.75) is 32.0 Å². The van der Waals surface area contributed by atoms with Crippen molar-refractivity contribution in [1.29, 1.82) is 0 Å². The maximum atomic E-state index is 12.3. The average molecular weight is 345 g/mol. The Labute approximate surface area is 143 Å². The standard InChI is InChI=1S/C16H17ClN6O/c17-12-3-4-15-20-13(6-16(24)23(15)7-12)8-21-5-1-2-14(21)9-22-11-18-10-19-22/h3-4,6-7,10-11,14H,1-2,5,8-9H2/t14-/m1/s1. The second-order valence-corrected chi connectivity index (χ2v) is 6.48. The highest BCUT2D eigenvalue weighted by Crippen LogP contribution is 2.20. The van der Waals surface area contributed by atoms with E-state index in [4.69, 9.17) is 11.6 Å². The summed E-state index contributed by atoms with van der Waals surface area (Å²) in [6.07, 6.45) is 7.14. The highest BCUT2D eigenvalue weighted by atomic mass is 35.5. The first-order chi connectivity index (χ1) is 11.7. The predicted molar refractivity (Wildman–Crippen MR) is 89.9 cm³/mol. The monoisotopic (exact) mass is 344 g/mol. The lowest BCUT2D eigenvalue weighted by atomic mass is 10.2. The van der Waals surface area contributed by atoms with E-state index in [0.717, 1.165) is 31.6 Å². The molecule has 124 valence electrons. The molecule has 0 bridgehead atoms. The van der Waals surface area contributed by atoms with Crippen molar-refractivity contribution in [1.82, 2.24) is 29.0 Å². The largest absolute Gasteiger partial charge is 0.293 e. The lowest BCUT2D eigenvalue weighted by molar-refractivity contribution is 0.216. The molecule has 1 atom stereocenters. The van der Waals surface area contributed by atoms with Crippen LogP contribution in [-0.4, -0.2) is 41.6 Å². The van der Waals surface area contributed by atoms with E-state index in [1.54, 1.807) is 37.1 Å². The van der Waals surface area contributed by atoms with Crippen molar-refractivity contribution >= 4 is 17.2 Å². The lowest BCUT2D eigenvalue weighted by Crippen LogP contribution is -2.33. The minimum Gasteiger partial charge on any atom is -0.293 e. The van der Waals surface area contributed by atoms with Gasteiger partial charge in [0.25, 0.3) is 5.56 Å². The van der Waals surface area contributed by atoms with Crippen LogP contribution in [0.4, 0.5) is 0 Å². The van der Waals surface area contributed by atoms with E-state index in [1.165, 1.54) is 4.40 Å². The Bertz CT molecular complexity index is 907. The van der Waals surface area contributed by atoms with Crippen LogP contribution in [0, 0.1) is 0 Å². The maximum Gasteiger partial charge on any atom is 0.258 e. The summed E-state index contributed by atoms with van der Waals surface area (Å²) in [4.78, 5) is 23.2. The van der Waals surface area contributed by atoms with Gasteiger partial charge in [-0.2, -0.15) is 5.10 Å². The summed E-state index contributed by atoms with van der Waals surface area (Å²) in [5, 5.41) is 4.70. The molecular formula is C16H17ClN6O. The van der Waals surface area contributed by atoms with E-state index in [1.807, 2.05) is 4.68 Å². The molecule has 0 aliphatic carbocycles. The topological polar surface area (TPSA) is 68.3 Å². The smallest absolute Gasteiger partial charge is 0.258 e. The second-order valence-electron chi connectivity index (χ2n) is 6.05. The molecule has 8 heteroatoms. The molecular weight excluding hydrogens is 328 g/mol. The van der Waals surface area contributed by atoms with E-state index in [2.05, 4.69) is 20.0 Å². The Kier molecular flexibility index (Phi) is 4.03. The molecule has 7 nitrogen and oxygen atoms in total. The zero-order valence-electron chi connectivity index (χ0n) is 13.0. The summed E-state index contributed by atoms with van der Waals surface area (Å²) in [5.74, 6) is 0. The second kappa shape index (κ2) is 6.33. The van der Waals surface area contributed by atoms with Gasteiger partial charge in [0.2, 0.25) is 0 Å². The Hall–Kier alpha value is -2.25. The van der Waals surface area contributed by atoms with Crippen LogP contribution < -0.4 is 5.56 Å². The van der Waals surface area contributed by atoms with Gasteiger partial charge in [-0.25, -0.2) is 9.97 Å². The Morgan fingerprint density at radius 1 is 1.33 bits per heavy atom. The number of pyridine rings is 1. The molecule has 0 radical (unpaired) electrons. The van der Waals surface area contributed by atoms with Gasteiger partial charge in [0.15, 0.2) is 0 Å².